The van der Waals surface area contributed by atoms with Gasteiger partial charge in [-0.25, -0.2) is 29.9 Å². The van der Waals surface area contributed by atoms with Crippen LogP contribution in [0.15, 0.2) is 267 Å². The fourth-order valence-corrected chi connectivity index (χ4v) is 13.6. The predicted molar refractivity (Wildman–Crippen MR) is 334 cm³/mol. The maximum atomic E-state index is 10.7. The van der Waals surface area contributed by atoms with Gasteiger partial charge in [-0.05, 0) is 114 Å². The van der Waals surface area contributed by atoms with Crippen LogP contribution in [0.2, 0.25) is 0 Å². The first-order valence-electron chi connectivity index (χ1n) is 28.4. The number of rotatable bonds is 10. The van der Waals surface area contributed by atoms with Gasteiger partial charge in [0, 0.05) is 50.6 Å². The van der Waals surface area contributed by atoms with E-state index in [2.05, 4.69) is 158 Å². The summed E-state index contributed by atoms with van der Waals surface area (Å²) in [6.45, 7) is 0. The molecule has 0 saturated heterocycles. The zero-order valence-electron chi connectivity index (χ0n) is 45.6. The van der Waals surface area contributed by atoms with Gasteiger partial charge in [-0.15, -0.1) is 0 Å². The Bertz CT molecular complexity index is 4900. The molecule has 2 aromatic heterocycles. The molecule has 0 N–H and O–H groups in total. The lowest BCUT2D eigenvalue weighted by Gasteiger charge is -2.59. The number of nitriles is 2. The lowest BCUT2D eigenvalue weighted by Crippen LogP contribution is -2.53. The summed E-state index contributed by atoms with van der Waals surface area (Å²) in [7, 11) is 0. The molecule has 85 heavy (non-hydrogen) atoms. The van der Waals surface area contributed by atoms with Crippen molar-refractivity contribution in [3.05, 3.63) is 311 Å². The van der Waals surface area contributed by atoms with Crippen molar-refractivity contribution in [3.8, 4) is 125 Å². The second-order valence-corrected chi connectivity index (χ2v) is 21.9. The zero-order valence-corrected chi connectivity index (χ0v) is 45.6. The van der Waals surface area contributed by atoms with Gasteiger partial charge in [-0.2, -0.15) is 10.5 Å². The largest absolute Gasteiger partial charge is 0.208 e. The molecule has 0 radical (unpaired) electrons. The van der Waals surface area contributed by atoms with Crippen LogP contribution in [-0.4, -0.2) is 29.9 Å². The van der Waals surface area contributed by atoms with Crippen molar-refractivity contribution in [2.45, 2.75) is 17.3 Å². The SMILES string of the molecule is N#Cc1cccc2c1C1c3cc(-c4ccc(-c5nc(-c6ccccc6)nc(-c6cccc(-c7ccccc7)c6)n5)cc4)c(-c4ccc(-c5nc(-c6ccccc6)nc(-c6cccc(-c7ccccc7)c6)n5)cc4)cc3C13c1cccc(C#N)c1C23. The third-order valence-electron chi connectivity index (χ3n) is 17.4. The molecule has 2 heterocycles. The Morgan fingerprint density at radius 1 is 0.259 bits per heavy atom. The molecule has 3 aliphatic rings. The van der Waals surface area contributed by atoms with Crippen molar-refractivity contribution >= 4 is 0 Å². The highest BCUT2D eigenvalue weighted by Crippen LogP contribution is 2.78. The van der Waals surface area contributed by atoms with Crippen molar-refractivity contribution in [3.63, 3.8) is 0 Å². The minimum Gasteiger partial charge on any atom is -0.208 e. The van der Waals surface area contributed by atoms with Crippen LogP contribution < -0.4 is 0 Å². The molecule has 8 heteroatoms. The smallest absolute Gasteiger partial charge is 0.164 e. The average molecular weight is 1080 g/mol. The maximum absolute atomic E-state index is 10.7. The van der Waals surface area contributed by atoms with E-state index < -0.39 is 5.41 Å². The first-order valence-corrected chi connectivity index (χ1v) is 28.4. The van der Waals surface area contributed by atoms with Gasteiger partial charge in [0.15, 0.2) is 34.9 Å². The fraction of sp³-hybridized carbons (Fsp3) is 0.0390. The molecule has 0 fully saturated rings. The van der Waals surface area contributed by atoms with E-state index in [9.17, 15) is 10.5 Å². The van der Waals surface area contributed by atoms with E-state index in [0.29, 0.717) is 46.1 Å². The van der Waals surface area contributed by atoms with Crippen LogP contribution in [0, 0.1) is 22.7 Å². The summed E-state index contributed by atoms with van der Waals surface area (Å²) in [5.74, 6) is 3.35. The molecule has 8 nitrogen and oxygen atoms in total. The average Bonchev–Trinajstić information content (AvgIpc) is 1.53. The Kier molecular flexibility index (Phi) is 11.5. The van der Waals surface area contributed by atoms with Gasteiger partial charge in [0.1, 0.15) is 0 Å². The molecule has 11 aromatic carbocycles. The van der Waals surface area contributed by atoms with Gasteiger partial charge >= 0.3 is 0 Å². The molecule has 0 bridgehead atoms. The summed E-state index contributed by atoms with van der Waals surface area (Å²) in [5.41, 5.74) is 21.6. The zero-order chi connectivity index (χ0) is 56.6. The maximum Gasteiger partial charge on any atom is 0.164 e. The van der Waals surface area contributed by atoms with Crippen LogP contribution in [0.4, 0.5) is 0 Å². The summed E-state index contributed by atoms with van der Waals surface area (Å²) in [6.07, 6.45) is 0. The third-order valence-corrected chi connectivity index (χ3v) is 17.4. The van der Waals surface area contributed by atoms with Gasteiger partial charge in [0.25, 0.3) is 0 Å². The minimum absolute atomic E-state index is 0.0587. The highest BCUT2D eigenvalue weighted by molar-refractivity contribution is 5.92. The Morgan fingerprint density at radius 2 is 0.600 bits per heavy atom. The van der Waals surface area contributed by atoms with Crippen LogP contribution in [0.5, 0.6) is 0 Å². The topological polar surface area (TPSA) is 125 Å². The van der Waals surface area contributed by atoms with Crippen molar-refractivity contribution < 1.29 is 0 Å². The van der Waals surface area contributed by atoms with Gasteiger partial charge in [-0.1, -0.05) is 231 Å². The number of aromatic nitrogens is 6. The van der Waals surface area contributed by atoms with Crippen LogP contribution in [-0.2, 0) is 5.41 Å². The second-order valence-electron chi connectivity index (χ2n) is 21.9. The van der Waals surface area contributed by atoms with E-state index >= 15 is 0 Å². The molecule has 0 saturated carbocycles. The lowest BCUT2D eigenvalue weighted by molar-refractivity contribution is 0.332. The monoisotopic (exact) mass is 1080 g/mol. The molecule has 3 aliphatic carbocycles. The van der Waals surface area contributed by atoms with E-state index in [-0.39, 0.29) is 11.8 Å². The van der Waals surface area contributed by atoms with E-state index in [1.54, 1.807) is 0 Å². The van der Waals surface area contributed by atoms with Crippen LogP contribution in [0.25, 0.3) is 113 Å². The molecule has 1 spiro atoms. The molecule has 13 aromatic rings. The first kappa shape index (κ1) is 49.3. The summed E-state index contributed by atoms with van der Waals surface area (Å²) in [6, 6.07) is 96.7. The molecule has 0 amide bonds. The number of hydrogen-bond donors (Lipinski definition) is 0. The Morgan fingerprint density at radius 3 is 1.06 bits per heavy atom. The van der Waals surface area contributed by atoms with Crippen LogP contribution >= 0.6 is 0 Å². The fourth-order valence-electron chi connectivity index (χ4n) is 13.6. The molecule has 16 rings (SSSR count). The molecule has 3 unspecified atom stereocenters. The van der Waals surface area contributed by atoms with Crippen molar-refractivity contribution in [1.29, 1.82) is 10.5 Å². The van der Waals surface area contributed by atoms with Gasteiger partial charge in [0.2, 0.25) is 0 Å². The normalized spacial score (nSPS) is 15.6. The van der Waals surface area contributed by atoms with Crippen molar-refractivity contribution in [2.75, 3.05) is 0 Å². The van der Waals surface area contributed by atoms with Gasteiger partial charge < -0.3 is 0 Å². The Hall–Kier alpha value is -11.6. The first-order chi connectivity index (χ1) is 42.0. The van der Waals surface area contributed by atoms with Crippen LogP contribution in [0.3, 0.4) is 0 Å². The number of benzene rings is 11. The van der Waals surface area contributed by atoms with Gasteiger partial charge in [0.05, 0.1) is 23.3 Å². The van der Waals surface area contributed by atoms with E-state index in [1.165, 1.54) is 16.7 Å². The highest BCUT2D eigenvalue weighted by Gasteiger charge is 2.70. The Labute approximate surface area is 491 Å². The number of fused-ring (bicyclic) bond motifs is 7. The Balaban J connectivity index is 0.840. The molecular formula is C77H46N8. The van der Waals surface area contributed by atoms with Crippen molar-refractivity contribution in [1.82, 2.24) is 29.9 Å². The summed E-state index contributed by atoms with van der Waals surface area (Å²) < 4.78 is 0. The summed E-state index contributed by atoms with van der Waals surface area (Å²) >= 11 is 0. The highest BCUT2D eigenvalue weighted by atomic mass is 15.0. The standard InChI is InChI=1S/C77H46N8/c78-45-59-29-15-31-61-67(59)70-64-43-62(49-33-37-53(38-34-49)73-80-71(51-21-9-3-10-22-51)82-75(84-73)57-27-13-25-55(41-57)47-17-5-1-6-18-47)63(44-66(64)77(70)65-32-16-30-60(46-79)68(65)69(61)77)50-35-39-54(40-36-50)74-81-72(52-23-11-4-12-24-52)83-76(85-74)58-28-14-26-56(42-58)48-19-7-2-8-20-48/h1-44,69-70H. The van der Waals surface area contributed by atoms with E-state index in [1.807, 2.05) is 121 Å². The third kappa shape index (κ3) is 7.96. The van der Waals surface area contributed by atoms with E-state index in [0.717, 1.165) is 94.6 Å². The van der Waals surface area contributed by atoms with Gasteiger partial charge in [-0.3, -0.25) is 0 Å². The lowest BCUT2D eigenvalue weighted by atomic mass is 9.42. The molecule has 0 aliphatic heterocycles. The summed E-state index contributed by atoms with van der Waals surface area (Å²) in [5, 5.41) is 21.2. The molecule has 3 atom stereocenters. The van der Waals surface area contributed by atoms with E-state index in [4.69, 9.17) is 29.9 Å². The number of hydrogen-bond acceptors (Lipinski definition) is 8. The quantitative estimate of drug-likeness (QED) is 0.133. The number of nitrogens with zero attached hydrogens (tertiary/aromatic N) is 8. The summed E-state index contributed by atoms with van der Waals surface area (Å²) in [4.78, 5) is 30.7. The second kappa shape index (κ2) is 19.8. The molecule has 394 valence electrons. The van der Waals surface area contributed by atoms with Crippen molar-refractivity contribution in [2.24, 2.45) is 0 Å². The molecular weight excluding hydrogens is 1040 g/mol. The predicted octanol–water partition coefficient (Wildman–Crippen LogP) is 17.4. The van der Waals surface area contributed by atoms with Crippen LogP contribution in [0.1, 0.15) is 56.3 Å². The minimum atomic E-state index is -0.426.